The highest BCUT2D eigenvalue weighted by molar-refractivity contribution is 7.89. The number of non-ortho nitro benzene ring substituents is 1. The summed E-state index contributed by atoms with van der Waals surface area (Å²) < 4.78 is 28.5. The molecular formula is C10H14N2O6S. The molecule has 0 aromatic heterocycles. The minimum Gasteiger partial charge on any atom is -0.382 e. The Morgan fingerprint density at radius 2 is 2.05 bits per heavy atom. The first-order valence-corrected chi connectivity index (χ1v) is 6.74. The lowest BCUT2D eigenvalue weighted by molar-refractivity contribution is -0.385. The quantitative estimate of drug-likeness (QED) is 0.451. The molecule has 19 heavy (non-hydrogen) atoms. The lowest BCUT2D eigenvalue weighted by Gasteiger charge is -2.09. The molecule has 0 unspecified atom stereocenters. The third-order valence-corrected chi connectivity index (χ3v) is 3.59. The van der Waals surface area contributed by atoms with Gasteiger partial charge in [0, 0.05) is 19.2 Å². The van der Waals surface area contributed by atoms with Crippen molar-refractivity contribution in [3.05, 3.63) is 33.9 Å². The average molecular weight is 290 g/mol. The number of nitrogens with zero attached hydrogens (tertiary/aromatic N) is 1. The zero-order valence-electron chi connectivity index (χ0n) is 10.5. The number of methoxy groups -OCH3 is 1. The molecule has 1 N–H and O–H groups in total. The Hall–Kier alpha value is -1.55. The van der Waals surface area contributed by atoms with Crippen LogP contribution in [0.3, 0.4) is 0 Å². The van der Waals surface area contributed by atoms with Crippen molar-refractivity contribution in [2.45, 2.75) is 11.8 Å². The average Bonchev–Trinajstić information content (AvgIpc) is 2.34. The van der Waals surface area contributed by atoms with Crippen molar-refractivity contribution >= 4 is 15.7 Å². The van der Waals surface area contributed by atoms with E-state index in [4.69, 9.17) is 4.84 Å². The maximum atomic E-state index is 11.9. The van der Waals surface area contributed by atoms with Crippen LogP contribution >= 0.6 is 0 Å². The van der Waals surface area contributed by atoms with Gasteiger partial charge in [-0.2, -0.15) is 0 Å². The SMILES string of the molecule is COCCONS(=O)(=O)c1cc([N+](=O)[O-])ccc1C. The van der Waals surface area contributed by atoms with Gasteiger partial charge in [0.25, 0.3) is 15.7 Å². The topological polar surface area (TPSA) is 108 Å². The van der Waals surface area contributed by atoms with E-state index in [9.17, 15) is 18.5 Å². The van der Waals surface area contributed by atoms with E-state index in [2.05, 4.69) is 4.74 Å². The molecule has 1 rings (SSSR count). The van der Waals surface area contributed by atoms with E-state index in [1.165, 1.54) is 26.2 Å². The summed E-state index contributed by atoms with van der Waals surface area (Å²) in [6.45, 7) is 1.79. The molecule has 1 aromatic carbocycles. The zero-order valence-corrected chi connectivity index (χ0v) is 11.3. The summed E-state index contributed by atoms with van der Waals surface area (Å²) in [6.07, 6.45) is 0. The van der Waals surface area contributed by atoms with Crippen LogP contribution in [0.4, 0.5) is 5.69 Å². The Balaban J connectivity index is 2.94. The molecule has 106 valence electrons. The van der Waals surface area contributed by atoms with Gasteiger partial charge in [0.2, 0.25) is 0 Å². The van der Waals surface area contributed by atoms with Crippen LogP contribution in [0, 0.1) is 17.0 Å². The Morgan fingerprint density at radius 3 is 2.63 bits per heavy atom. The Morgan fingerprint density at radius 1 is 1.37 bits per heavy atom. The first kappa shape index (κ1) is 15.5. The number of hydrogen-bond donors (Lipinski definition) is 1. The van der Waals surface area contributed by atoms with Gasteiger partial charge in [-0.15, -0.1) is 0 Å². The molecule has 0 aliphatic heterocycles. The van der Waals surface area contributed by atoms with E-state index in [-0.39, 0.29) is 23.8 Å². The monoisotopic (exact) mass is 290 g/mol. The summed E-state index contributed by atoms with van der Waals surface area (Å²) in [5.74, 6) is 0. The van der Waals surface area contributed by atoms with Crippen LogP contribution in [0.1, 0.15) is 5.56 Å². The van der Waals surface area contributed by atoms with Gasteiger partial charge in [-0.25, -0.2) is 8.42 Å². The first-order chi connectivity index (χ1) is 8.88. The van der Waals surface area contributed by atoms with Crippen molar-refractivity contribution in [2.75, 3.05) is 20.3 Å². The molecule has 0 aliphatic rings. The minimum absolute atomic E-state index is 0.0315. The highest BCUT2D eigenvalue weighted by Gasteiger charge is 2.20. The number of ether oxygens (including phenoxy) is 1. The van der Waals surface area contributed by atoms with Crippen LogP contribution in [-0.4, -0.2) is 33.7 Å². The molecule has 8 nitrogen and oxygen atoms in total. The number of nitro groups is 1. The highest BCUT2D eigenvalue weighted by atomic mass is 32.2. The fraction of sp³-hybridized carbons (Fsp3) is 0.400. The van der Waals surface area contributed by atoms with Crippen LogP contribution in [0.15, 0.2) is 23.1 Å². The Kier molecular flexibility index (Phi) is 5.36. The van der Waals surface area contributed by atoms with E-state index >= 15 is 0 Å². The van der Waals surface area contributed by atoms with Gasteiger partial charge in [-0.3, -0.25) is 15.0 Å². The van der Waals surface area contributed by atoms with E-state index in [1.54, 1.807) is 0 Å². The first-order valence-electron chi connectivity index (χ1n) is 5.26. The Labute approximate surface area is 110 Å². The fourth-order valence-electron chi connectivity index (χ4n) is 1.28. The van der Waals surface area contributed by atoms with Gasteiger partial charge in [-0.05, 0) is 12.5 Å². The third kappa shape index (κ3) is 4.24. The molecular weight excluding hydrogens is 276 g/mol. The van der Waals surface area contributed by atoms with Crippen molar-refractivity contribution in [1.82, 2.24) is 4.89 Å². The van der Waals surface area contributed by atoms with E-state index in [0.29, 0.717) is 5.56 Å². The lowest BCUT2D eigenvalue weighted by Crippen LogP contribution is -2.26. The highest BCUT2D eigenvalue weighted by Crippen LogP contribution is 2.21. The number of benzene rings is 1. The second-order valence-corrected chi connectivity index (χ2v) is 5.25. The number of rotatable bonds is 7. The predicted octanol–water partition coefficient (Wildman–Crippen LogP) is 0.760. The van der Waals surface area contributed by atoms with Crippen molar-refractivity contribution in [3.8, 4) is 0 Å². The number of hydrogen-bond acceptors (Lipinski definition) is 6. The van der Waals surface area contributed by atoms with Gasteiger partial charge in [0.15, 0.2) is 0 Å². The second-order valence-electron chi connectivity index (χ2n) is 3.63. The van der Waals surface area contributed by atoms with Gasteiger partial charge in [0.05, 0.1) is 23.0 Å². The molecule has 0 saturated carbocycles. The molecule has 0 bridgehead atoms. The molecule has 0 heterocycles. The minimum atomic E-state index is -3.96. The van der Waals surface area contributed by atoms with E-state index < -0.39 is 14.9 Å². The summed E-state index contributed by atoms with van der Waals surface area (Å²) in [4.78, 5) is 16.4. The van der Waals surface area contributed by atoms with E-state index in [1.807, 2.05) is 4.89 Å². The molecule has 0 fully saturated rings. The van der Waals surface area contributed by atoms with Gasteiger partial charge in [0.1, 0.15) is 0 Å². The summed E-state index contributed by atoms with van der Waals surface area (Å²) in [7, 11) is -2.51. The smallest absolute Gasteiger partial charge is 0.270 e. The second kappa shape index (κ2) is 6.57. The van der Waals surface area contributed by atoms with Crippen LogP contribution in [-0.2, 0) is 19.6 Å². The van der Waals surface area contributed by atoms with E-state index in [0.717, 1.165) is 6.07 Å². The maximum Gasteiger partial charge on any atom is 0.270 e. The van der Waals surface area contributed by atoms with Crippen LogP contribution in [0.25, 0.3) is 0 Å². The summed E-state index contributed by atoms with van der Waals surface area (Å²) in [5, 5.41) is 10.6. The van der Waals surface area contributed by atoms with Crippen molar-refractivity contribution in [2.24, 2.45) is 0 Å². The fourth-order valence-corrected chi connectivity index (χ4v) is 2.38. The standard InChI is InChI=1S/C10H14N2O6S/c1-8-3-4-9(12(13)14)7-10(8)19(15,16)11-18-6-5-17-2/h3-4,7,11H,5-6H2,1-2H3. The lowest BCUT2D eigenvalue weighted by atomic mass is 10.2. The Bertz CT molecular complexity index is 557. The van der Waals surface area contributed by atoms with Gasteiger partial charge >= 0.3 is 0 Å². The molecule has 1 aromatic rings. The predicted molar refractivity (Wildman–Crippen MR) is 66.0 cm³/mol. The van der Waals surface area contributed by atoms with Crippen LogP contribution in [0.2, 0.25) is 0 Å². The molecule has 0 radical (unpaired) electrons. The number of sulfonamides is 1. The number of nitro benzene ring substituents is 1. The molecule has 0 atom stereocenters. The number of aryl methyl sites for hydroxylation is 1. The van der Waals surface area contributed by atoms with Crippen molar-refractivity contribution < 1.29 is 22.9 Å². The largest absolute Gasteiger partial charge is 0.382 e. The van der Waals surface area contributed by atoms with Crippen LogP contribution in [0.5, 0.6) is 0 Å². The van der Waals surface area contributed by atoms with Crippen LogP contribution < -0.4 is 4.89 Å². The summed E-state index contributed by atoms with van der Waals surface area (Å²) in [5.41, 5.74) is 0.0799. The summed E-state index contributed by atoms with van der Waals surface area (Å²) >= 11 is 0. The van der Waals surface area contributed by atoms with Crippen molar-refractivity contribution in [3.63, 3.8) is 0 Å². The van der Waals surface area contributed by atoms with Gasteiger partial charge < -0.3 is 4.74 Å². The molecule has 0 amide bonds. The van der Waals surface area contributed by atoms with Crippen molar-refractivity contribution in [1.29, 1.82) is 0 Å². The molecule has 0 saturated heterocycles. The van der Waals surface area contributed by atoms with Gasteiger partial charge in [-0.1, -0.05) is 11.0 Å². The maximum absolute atomic E-state index is 11.9. The molecule has 0 spiro atoms. The molecule has 0 aliphatic carbocycles. The normalized spacial score (nSPS) is 11.5. The zero-order chi connectivity index (χ0) is 14.5. The summed E-state index contributed by atoms with van der Waals surface area (Å²) in [6, 6.07) is 3.58. The third-order valence-electron chi connectivity index (χ3n) is 2.23. The number of nitrogens with one attached hydrogen (secondary N) is 1. The molecule has 9 heteroatoms.